The molecule has 0 saturated carbocycles. The summed E-state index contributed by atoms with van der Waals surface area (Å²) in [6.07, 6.45) is 1.02. The number of aryl methyl sites for hydroxylation is 2. The molecule has 0 bridgehead atoms. The summed E-state index contributed by atoms with van der Waals surface area (Å²) in [6, 6.07) is 44.4. The van der Waals surface area contributed by atoms with Crippen LogP contribution in [0.3, 0.4) is 0 Å². The van der Waals surface area contributed by atoms with Crippen molar-refractivity contribution < 1.29 is 4.74 Å². The van der Waals surface area contributed by atoms with Crippen LogP contribution < -0.4 is 26.0 Å². The van der Waals surface area contributed by atoms with Crippen LogP contribution in [0.5, 0.6) is 5.75 Å². The molecule has 0 radical (unpaired) electrons. The normalized spacial score (nSPS) is 13.4. The number of ether oxygens (including phenoxy) is 1. The first kappa shape index (κ1) is 32.2. The Morgan fingerprint density at radius 1 is 0.659 bits per heavy atom. The molecular formula is C41H46OP2. The molecule has 0 saturated heterocycles. The van der Waals surface area contributed by atoms with Crippen molar-refractivity contribution in [3.63, 3.8) is 0 Å². The van der Waals surface area contributed by atoms with Crippen molar-refractivity contribution in [1.29, 1.82) is 0 Å². The van der Waals surface area contributed by atoms with Gasteiger partial charge in [0.05, 0.1) is 0 Å². The highest BCUT2D eigenvalue weighted by molar-refractivity contribution is 7.81. The van der Waals surface area contributed by atoms with Crippen LogP contribution in [-0.4, -0.2) is 0 Å². The molecule has 0 aliphatic carbocycles. The van der Waals surface area contributed by atoms with Crippen molar-refractivity contribution >= 4 is 37.7 Å². The maximum absolute atomic E-state index is 6.76. The summed E-state index contributed by atoms with van der Waals surface area (Å²) in [5.74, 6) is 1.04. The molecule has 0 heterocycles. The molecule has 1 nitrogen and oxygen atoms in total. The van der Waals surface area contributed by atoms with Crippen LogP contribution in [0.25, 0.3) is 0 Å². The van der Waals surface area contributed by atoms with E-state index in [1.54, 1.807) is 0 Å². The third-order valence-corrected chi connectivity index (χ3v) is 13.4. The van der Waals surface area contributed by atoms with Crippen molar-refractivity contribution in [2.75, 3.05) is 0 Å². The summed E-state index contributed by atoms with van der Waals surface area (Å²) < 4.78 is 6.76. The van der Waals surface area contributed by atoms with Gasteiger partial charge in [0.25, 0.3) is 0 Å². The quantitative estimate of drug-likeness (QED) is 0.142. The molecule has 0 aromatic heterocycles. The molecule has 44 heavy (non-hydrogen) atoms. The first-order valence-electron chi connectivity index (χ1n) is 15.7. The minimum absolute atomic E-state index is 0.0397. The van der Waals surface area contributed by atoms with Gasteiger partial charge in [-0.15, -0.1) is 0 Å². The molecule has 0 spiro atoms. The number of benzene rings is 5. The molecule has 0 fully saturated rings. The van der Waals surface area contributed by atoms with Gasteiger partial charge in [0, 0.05) is 10.7 Å². The van der Waals surface area contributed by atoms with Crippen LogP contribution in [0.15, 0.2) is 121 Å². The highest BCUT2D eigenvalue weighted by atomic mass is 31.1. The Morgan fingerprint density at radius 2 is 1.23 bits per heavy atom. The van der Waals surface area contributed by atoms with E-state index in [9.17, 15) is 0 Å². The SMILES string of the molecule is CCC(C)(Pc1c(C)cccc1P(c1ccccc1)c1ccccc1)c1cc(C(C)(C)C)cc(C)c1OCc1ccccc1. The summed E-state index contributed by atoms with van der Waals surface area (Å²) in [5.41, 5.74) is 6.51. The van der Waals surface area contributed by atoms with E-state index >= 15 is 0 Å². The summed E-state index contributed by atoms with van der Waals surface area (Å²) in [7, 11) is -0.124. The Morgan fingerprint density at radius 3 is 1.77 bits per heavy atom. The maximum atomic E-state index is 6.76. The molecule has 0 N–H and O–H groups in total. The first-order chi connectivity index (χ1) is 21.1. The molecule has 5 aromatic rings. The average molecular weight is 617 g/mol. The van der Waals surface area contributed by atoms with Gasteiger partial charge in [0.15, 0.2) is 0 Å². The van der Waals surface area contributed by atoms with E-state index in [0.29, 0.717) is 15.2 Å². The molecular weight excluding hydrogens is 570 g/mol. The van der Waals surface area contributed by atoms with Crippen LogP contribution in [0, 0.1) is 13.8 Å². The lowest BCUT2D eigenvalue weighted by molar-refractivity contribution is 0.297. The van der Waals surface area contributed by atoms with Gasteiger partial charge < -0.3 is 4.74 Å². The van der Waals surface area contributed by atoms with Gasteiger partial charge in [-0.05, 0) is 77.1 Å². The second-order valence-electron chi connectivity index (χ2n) is 13.0. The van der Waals surface area contributed by atoms with Crippen molar-refractivity contribution in [1.82, 2.24) is 0 Å². The Labute approximate surface area is 268 Å². The molecule has 5 aromatic carbocycles. The standard InChI is InChI=1S/C41H46OP2/c1-8-41(7,36-28-33(40(4,5)6)27-31(3)38(36)42-29-32-20-12-9-13-21-32)43-39-30(2)19-18-26-37(39)44(34-22-14-10-15-23-34)35-24-16-11-17-25-35/h9-28,43H,8,29H2,1-7H3. The fourth-order valence-electron chi connectivity index (χ4n) is 5.74. The number of hydrogen-bond donors (Lipinski definition) is 0. The molecule has 226 valence electrons. The molecule has 3 heteroatoms. The lowest BCUT2D eigenvalue weighted by Crippen LogP contribution is -2.33. The van der Waals surface area contributed by atoms with Crippen LogP contribution in [0.4, 0.5) is 0 Å². The maximum Gasteiger partial charge on any atom is 0.126 e. The van der Waals surface area contributed by atoms with Crippen molar-refractivity contribution in [3.05, 3.63) is 149 Å². The second-order valence-corrected chi connectivity index (χ2v) is 17.0. The smallest absolute Gasteiger partial charge is 0.126 e. The Hall–Kier alpha value is -3.24. The summed E-state index contributed by atoms with van der Waals surface area (Å²) in [5, 5.41) is 5.63. The fourth-order valence-corrected chi connectivity index (χ4v) is 10.2. The Balaban J connectivity index is 1.65. The zero-order chi connectivity index (χ0) is 31.3. The van der Waals surface area contributed by atoms with Crippen molar-refractivity contribution in [2.24, 2.45) is 0 Å². The highest BCUT2D eigenvalue weighted by Gasteiger charge is 2.34. The van der Waals surface area contributed by atoms with Gasteiger partial charge in [-0.2, -0.15) is 0 Å². The first-order valence-corrected chi connectivity index (χ1v) is 18.1. The van der Waals surface area contributed by atoms with Crippen LogP contribution >= 0.6 is 16.5 Å². The van der Waals surface area contributed by atoms with Gasteiger partial charge in [0.2, 0.25) is 0 Å². The average Bonchev–Trinajstić information content (AvgIpc) is 3.03. The predicted molar refractivity (Wildman–Crippen MR) is 196 cm³/mol. The number of hydrogen-bond acceptors (Lipinski definition) is 1. The Kier molecular flexibility index (Phi) is 10.1. The van der Waals surface area contributed by atoms with Gasteiger partial charge in [-0.3, -0.25) is 0 Å². The van der Waals surface area contributed by atoms with E-state index < -0.39 is 7.92 Å². The monoisotopic (exact) mass is 616 g/mol. The van der Waals surface area contributed by atoms with E-state index in [4.69, 9.17) is 4.74 Å². The topological polar surface area (TPSA) is 9.23 Å². The molecule has 0 aliphatic rings. The summed E-state index contributed by atoms with van der Waals surface area (Å²) >= 11 is 0. The van der Waals surface area contributed by atoms with E-state index in [-0.39, 0.29) is 10.6 Å². The Bertz CT molecular complexity index is 1630. The third-order valence-electron chi connectivity index (χ3n) is 8.59. The van der Waals surface area contributed by atoms with Gasteiger partial charge >= 0.3 is 0 Å². The summed E-state index contributed by atoms with van der Waals surface area (Å²) in [6.45, 7) is 16.8. The number of rotatable bonds is 10. The lowest BCUT2D eigenvalue weighted by Gasteiger charge is -2.35. The highest BCUT2D eigenvalue weighted by Crippen LogP contribution is 2.50. The van der Waals surface area contributed by atoms with E-state index in [2.05, 4.69) is 170 Å². The molecule has 0 amide bonds. The fraction of sp³-hybridized carbons (Fsp3) is 0.268. The molecule has 0 aliphatic heterocycles. The third kappa shape index (κ3) is 7.18. The predicted octanol–water partition coefficient (Wildman–Crippen LogP) is 9.57. The van der Waals surface area contributed by atoms with E-state index in [0.717, 1.165) is 12.2 Å². The van der Waals surface area contributed by atoms with Crippen LogP contribution in [0.1, 0.15) is 68.9 Å². The van der Waals surface area contributed by atoms with Crippen LogP contribution in [-0.2, 0) is 17.2 Å². The zero-order valence-corrected chi connectivity index (χ0v) is 29.2. The zero-order valence-electron chi connectivity index (χ0n) is 27.3. The molecule has 5 rings (SSSR count). The largest absolute Gasteiger partial charge is 0.488 e. The van der Waals surface area contributed by atoms with Gasteiger partial charge in [-0.25, -0.2) is 0 Å². The summed E-state index contributed by atoms with van der Waals surface area (Å²) in [4.78, 5) is 0. The van der Waals surface area contributed by atoms with Crippen LogP contribution in [0.2, 0.25) is 0 Å². The van der Waals surface area contributed by atoms with Crippen molar-refractivity contribution in [2.45, 2.75) is 72.1 Å². The van der Waals surface area contributed by atoms with Gasteiger partial charge in [0.1, 0.15) is 12.4 Å². The van der Waals surface area contributed by atoms with E-state index in [1.807, 2.05) is 0 Å². The molecule has 2 unspecified atom stereocenters. The van der Waals surface area contributed by atoms with Crippen molar-refractivity contribution in [3.8, 4) is 5.75 Å². The van der Waals surface area contributed by atoms with Gasteiger partial charge in [-0.1, -0.05) is 165 Å². The minimum Gasteiger partial charge on any atom is -0.488 e. The lowest BCUT2D eigenvalue weighted by atomic mass is 9.82. The second kappa shape index (κ2) is 13.8. The van der Waals surface area contributed by atoms with E-state index in [1.165, 1.54) is 49.0 Å². The minimum atomic E-state index is -0.710. The molecule has 2 atom stereocenters.